The first kappa shape index (κ1) is 15.4. The molecule has 0 radical (unpaired) electrons. The van der Waals surface area contributed by atoms with Gasteiger partial charge in [-0.2, -0.15) is 0 Å². The van der Waals surface area contributed by atoms with E-state index in [-0.39, 0.29) is 6.04 Å². The molecule has 5 heteroatoms. The highest BCUT2D eigenvalue weighted by Gasteiger charge is 2.15. The van der Waals surface area contributed by atoms with E-state index in [4.69, 9.17) is 4.74 Å². The Morgan fingerprint density at radius 2 is 2.11 bits per heavy atom. The summed E-state index contributed by atoms with van der Waals surface area (Å²) in [5.41, 5.74) is 1.56. The van der Waals surface area contributed by atoms with Crippen molar-refractivity contribution >= 4 is 6.09 Å². The summed E-state index contributed by atoms with van der Waals surface area (Å²) in [6.07, 6.45) is 3.14. The second-order valence-electron chi connectivity index (χ2n) is 5.49. The predicted molar refractivity (Wildman–Crippen MR) is 74.8 cm³/mol. The van der Waals surface area contributed by atoms with Gasteiger partial charge in [-0.15, -0.1) is 0 Å². The molecule has 1 atom stereocenters. The normalized spacial score (nSPS) is 12.9. The number of nitrogens with one attached hydrogen (secondary N) is 2. The SMILES string of the molecule is CNC(C)c1cncc(CNC(=O)OC(C)(C)C)c1. The molecule has 0 spiro atoms. The third-order valence-corrected chi connectivity index (χ3v) is 2.58. The molecule has 1 unspecified atom stereocenters. The third kappa shape index (κ3) is 5.70. The van der Waals surface area contributed by atoms with Crippen molar-refractivity contribution < 1.29 is 9.53 Å². The van der Waals surface area contributed by atoms with Gasteiger partial charge in [-0.05, 0) is 51.9 Å². The van der Waals surface area contributed by atoms with Crippen LogP contribution in [0.1, 0.15) is 44.9 Å². The number of hydrogen-bond acceptors (Lipinski definition) is 4. The molecule has 0 saturated carbocycles. The second kappa shape index (κ2) is 6.52. The predicted octanol–water partition coefficient (Wildman–Crippen LogP) is 2.39. The van der Waals surface area contributed by atoms with E-state index in [1.165, 1.54) is 0 Å². The molecule has 5 nitrogen and oxygen atoms in total. The molecule has 0 fully saturated rings. The maximum absolute atomic E-state index is 11.5. The average Bonchev–Trinajstić information content (AvgIpc) is 2.34. The minimum Gasteiger partial charge on any atom is -0.444 e. The zero-order chi connectivity index (χ0) is 14.5. The number of alkyl carbamates (subject to hydrolysis) is 1. The zero-order valence-corrected chi connectivity index (χ0v) is 12.3. The molecule has 0 aliphatic carbocycles. The standard InChI is InChI=1S/C14H23N3O2/c1-10(15-5)12-6-11(7-16-9-12)8-17-13(18)19-14(2,3)4/h6-7,9-10,15H,8H2,1-5H3,(H,17,18). The zero-order valence-electron chi connectivity index (χ0n) is 12.3. The van der Waals surface area contributed by atoms with Gasteiger partial charge in [0.25, 0.3) is 0 Å². The Morgan fingerprint density at radius 1 is 1.42 bits per heavy atom. The fraction of sp³-hybridized carbons (Fsp3) is 0.571. The lowest BCUT2D eigenvalue weighted by Gasteiger charge is -2.19. The van der Waals surface area contributed by atoms with E-state index in [1.54, 1.807) is 6.20 Å². The van der Waals surface area contributed by atoms with E-state index in [2.05, 4.69) is 22.5 Å². The van der Waals surface area contributed by atoms with Crippen LogP contribution in [0.3, 0.4) is 0 Å². The fourth-order valence-electron chi connectivity index (χ4n) is 1.50. The largest absolute Gasteiger partial charge is 0.444 e. The van der Waals surface area contributed by atoms with Gasteiger partial charge < -0.3 is 15.4 Å². The van der Waals surface area contributed by atoms with Crippen LogP contribution in [0.5, 0.6) is 0 Å². The number of rotatable bonds is 4. The van der Waals surface area contributed by atoms with E-state index in [9.17, 15) is 4.79 Å². The van der Waals surface area contributed by atoms with E-state index >= 15 is 0 Å². The van der Waals surface area contributed by atoms with Gasteiger partial charge in [0, 0.05) is 25.0 Å². The Balaban J connectivity index is 2.56. The van der Waals surface area contributed by atoms with Crippen LogP contribution in [0.2, 0.25) is 0 Å². The molecule has 1 rings (SSSR count). The van der Waals surface area contributed by atoms with Gasteiger partial charge in [-0.25, -0.2) is 4.79 Å². The molecule has 106 valence electrons. The number of aromatic nitrogens is 1. The van der Waals surface area contributed by atoms with Crippen LogP contribution in [-0.2, 0) is 11.3 Å². The van der Waals surface area contributed by atoms with Crippen LogP contribution >= 0.6 is 0 Å². The van der Waals surface area contributed by atoms with Crippen molar-refractivity contribution in [2.75, 3.05) is 7.05 Å². The smallest absolute Gasteiger partial charge is 0.407 e. The summed E-state index contributed by atoms with van der Waals surface area (Å²) in [7, 11) is 1.90. The number of carbonyl (C=O) groups excluding carboxylic acids is 1. The topological polar surface area (TPSA) is 63.2 Å². The molecule has 19 heavy (non-hydrogen) atoms. The molecule has 0 saturated heterocycles. The lowest BCUT2D eigenvalue weighted by molar-refractivity contribution is 0.0523. The summed E-state index contributed by atoms with van der Waals surface area (Å²) in [5, 5.41) is 5.87. The first-order valence-electron chi connectivity index (χ1n) is 6.40. The van der Waals surface area contributed by atoms with E-state index in [0.717, 1.165) is 11.1 Å². The molecule has 1 heterocycles. The Labute approximate surface area is 114 Å². The van der Waals surface area contributed by atoms with Crippen molar-refractivity contribution in [3.05, 3.63) is 29.6 Å². The molecule has 1 amide bonds. The Bertz CT molecular complexity index is 427. The van der Waals surface area contributed by atoms with Crippen LogP contribution in [0, 0.1) is 0 Å². The molecule has 2 N–H and O–H groups in total. The van der Waals surface area contributed by atoms with Crippen molar-refractivity contribution in [2.45, 2.75) is 45.9 Å². The van der Waals surface area contributed by atoms with Crippen LogP contribution in [0.15, 0.2) is 18.5 Å². The fourth-order valence-corrected chi connectivity index (χ4v) is 1.50. The first-order valence-corrected chi connectivity index (χ1v) is 6.40. The maximum atomic E-state index is 11.5. The van der Waals surface area contributed by atoms with Crippen LogP contribution in [-0.4, -0.2) is 23.7 Å². The summed E-state index contributed by atoms with van der Waals surface area (Å²) in [6.45, 7) is 7.98. The van der Waals surface area contributed by atoms with Gasteiger partial charge in [0.05, 0.1) is 0 Å². The highest BCUT2D eigenvalue weighted by molar-refractivity contribution is 5.67. The first-order chi connectivity index (χ1) is 8.81. The average molecular weight is 265 g/mol. The van der Waals surface area contributed by atoms with Crippen LogP contribution < -0.4 is 10.6 Å². The van der Waals surface area contributed by atoms with E-state index in [1.807, 2.05) is 40.1 Å². The molecule has 0 bridgehead atoms. The molecule has 1 aromatic rings. The van der Waals surface area contributed by atoms with E-state index < -0.39 is 11.7 Å². The molecular formula is C14H23N3O2. The van der Waals surface area contributed by atoms with Gasteiger partial charge >= 0.3 is 6.09 Å². The Morgan fingerprint density at radius 3 is 2.68 bits per heavy atom. The van der Waals surface area contributed by atoms with Gasteiger partial charge in [0.1, 0.15) is 5.60 Å². The van der Waals surface area contributed by atoms with Crippen LogP contribution in [0.25, 0.3) is 0 Å². The van der Waals surface area contributed by atoms with Gasteiger partial charge in [0.15, 0.2) is 0 Å². The monoisotopic (exact) mass is 265 g/mol. The number of ether oxygens (including phenoxy) is 1. The summed E-state index contributed by atoms with van der Waals surface area (Å²) in [4.78, 5) is 15.7. The van der Waals surface area contributed by atoms with Crippen molar-refractivity contribution in [2.24, 2.45) is 0 Å². The summed E-state index contributed by atoms with van der Waals surface area (Å²) < 4.78 is 5.18. The minimum atomic E-state index is -0.481. The number of hydrogen-bond donors (Lipinski definition) is 2. The minimum absolute atomic E-state index is 0.231. The van der Waals surface area contributed by atoms with Crippen molar-refractivity contribution in [1.29, 1.82) is 0 Å². The maximum Gasteiger partial charge on any atom is 0.407 e. The summed E-state index contributed by atoms with van der Waals surface area (Å²) >= 11 is 0. The highest BCUT2D eigenvalue weighted by Crippen LogP contribution is 2.12. The number of carbonyl (C=O) groups is 1. The van der Waals surface area contributed by atoms with Gasteiger partial charge in [-0.3, -0.25) is 4.98 Å². The van der Waals surface area contributed by atoms with Gasteiger partial charge in [0.2, 0.25) is 0 Å². The lowest BCUT2D eigenvalue weighted by Crippen LogP contribution is -2.32. The summed E-state index contributed by atoms with van der Waals surface area (Å²) in [6, 6.07) is 2.25. The quantitative estimate of drug-likeness (QED) is 0.877. The highest BCUT2D eigenvalue weighted by atomic mass is 16.6. The van der Waals surface area contributed by atoms with Crippen molar-refractivity contribution in [1.82, 2.24) is 15.6 Å². The molecule has 0 aliphatic rings. The van der Waals surface area contributed by atoms with Gasteiger partial charge in [-0.1, -0.05) is 0 Å². The second-order valence-corrected chi connectivity index (χ2v) is 5.49. The van der Waals surface area contributed by atoms with Crippen molar-refractivity contribution in [3.63, 3.8) is 0 Å². The molecular weight excluding hydrogens is 242 g/mol. The Kier molecular flexibility index (Phi) is 5.30. The van der Waals surface area contributed by atoms with Crippen molar-refractivity contribution in [3.8, 4) is 0 Å². The number of pyridine rings is 1. The molecule has 0 aromatic carbocycles. The lowest BCUT2D eigenvalue weighted by atomic mass is 10.1. The summed E-state index contributed by atoms with van der Waals surface area (Å²) in [5.74, 6) is 0. The Hall–Kier alpha value is -1.62. The number of amides is 1. The number of nitrogens with zero attached hydrogens (tertiary/aromatic N) is 1. The van der Waals surface area contributed by atoms with E-state index in [0.29, 0.717) is 6.54 Å². The van der Waals surface area contributed by atoms with Crippen LogP contribution in [0.4, 0.5) is 4.79 Å². The molecule has 1 aromatic heterocycles. The molecule has 0 aliphatic heterocycles. The third-order valence-electron chi connectivity index (χ3n) is 2.58.